The van der Waals surface area contributed by atoms with Gasteiger partial charge in [0.25, 0.3) is 0 Å². The van der Waals surface area contributed by atoms with E-state index in [2.05, 4.69) is 32.0 Å². The zero-order valence-corrected chi connectivity index (χ0v) is 12.8. The maximum atomic E-state index is 12.2. The van der Waals surface area contributed by atoms with Gasteiger partial charge in [0, 0.05) is 12.3 Å². The monoisotopic (exact) mass is 270 g/mol. The van der Waals surface area contributed by atoms with Crippen molar-refractivity contribution in [2.24, 2.45) is 17.8 Å². The first kappa shape index (κ1) is 13.9. The van der Waals surface area contributed by atoms with Gasteiger partial charge >= 0.3 is 0 Å². The lowest BCUT2D eigenvalue weighted by Gasteiger charge is -2.30. The van der Waals surface area contributed by atoms with E-state index in [0.29, 0.717) is 11.7 Å². The fraction of sp³-hybridized carbons (Fsp3) is 0.632. The van der Waals surface area contributed by atoms with E-state index in [-0.39, 0.29) is 5.92 Å². The minimum absolute atomic E-state index is 0.274. The van der Waals surface area contributed by atoms with Crippen molar-refractivity contribution in [2.45, 2.75) is 58.8 Å². The molecule has 1 saturated carbocycles. The molecule has 0 saturated heterocycles. The Kier molecular flexibility index (Phi) is 3.96. The highest BCUT2D eigenvalue weighted by Gasteiger charge is 2.30. The van der Waals surface area contributed by atoms with Crippen LogP contribution < -0.4 is 0 Å². The van der Waals surface area contributed by atoms with Crippen molar-refractivity contribution < 1.29 is 4.79 Å². The lowest BCUT2D eigenvalue weighted by atomic mass is 9.73. The van der Waals surface area contributed by atoms with Gasteiger partial charge in [0.2, 0.25) is 0 Å². The summed E-state index contributed by atoms with van der Waals surface area (Å²) in [6.07, 6.45) is 7.76. The van der Waals surface area contributed by atoms with E-state index in [0.717, 1.165) is 31.6 Å². The van der Waals surface area contributed by atoms with Gasteiger partial charge in [-0.25, -0.2) is 0 Å². The van der Waals surface area contributed by atoms with Crippen LogP contribution in [0.2, 0.25) is 0 Å². The summed E-state index contributed by atoms with van der Waals surface area (Å²) in [4.78, 5) is 12.2. The van der Waals surface area contributed by atoms with Gasteiger partial charge in [0.1, 0.15) is 5.78 Å². The molecule has 0 bridgehead atoms. The van der Waals surface area contributed by atoms with Crippen LogP contribution in [-0.4, -0.2) is 5.78 Å². The summed E-state index contributed by atoms with van der Waals surface area (Å²) in [5.41, 5.74) is 4.45. The lowest BCUT2D eigenvalue weighted by molar-refractivity contribution is -0.125. The number of benzene rings is 1. The predicted molar refractivity (Wildman–Crippen MR) is 82.8 cm³/mol. The van der Waals surface area contributed by atoms with Crippen molar-refractivity contribution in [3.8, 4) is 0 Å². The number of fused-ring (bicyclic) bond motifs is 1. The number of ketones is 1. The third kappa shape index (κ3) is 2.82. The third-order valence-corrected chi connectivity index (χ3v) is 5.39. The number of hydrogen-bond donors (Lipinski definition) is 0. The molecule has 0 aromatic heterocycles. The number of rotatable bonds is 3. The van der Waals surface area contributed by atoms with E-state index in [9.17, 15) is 4.79 Å². The van der Waals surface area contributed by atoms with Crippen molar-refractivity contribution in [3.63, 3.8) is 0 Å². The zero-order valence-electron chi connectivity index (χ0n) is 12.8. The molecule has 2 aliphatic carbocycles. The van der Waals surface area contributed by atoms with Crippen LogP contribution in [-0.2, 0) is 24.1 Å². The summed E-state index contributed by atoms with van der Waals surface area (Å²) in [6, 6.07) is 6.93. The second-order valence-corrected chi connectivity index (χ2v) is 7.10. The van der Waals surface area contributed by atoms with E-state index in [1.165, 1.54) is 36.0 Å². The molecule has 0 spiro atoms. The fourth-order valence-electron chi connectivity index (χ4n) is 3.99. The Balaban J connectivity index is 1.71. The van der Waals surface area contributed by atoms with Gasteiger partial charge in [-0.2, -0.15) is 0 Å². The molecule has 2 aliphatic rings. The summed E-state index contributed by atoms with van der Waals surface area (Å²) in [7, 11) is 0. The van der Waals surface area contributed by atoms with Gasteiger partial charge in [-0.3, -0.25) is 4.79 Å². The fourth-order valence-corrected chi connectivity index (χ4v) is 3.99. The first-order valence-corrected chi connectivity index (χ1v) is 8.27. The van der Waals surface area contributed by atoms with Crippen LogP contribution >= 0.6 is 0 Å². The van der Waals surface area contributed by atoms with Crippen LogP contribution in [0, 0.1) is 17.8 Å². The maximum absolute atomic E-state index is 12.2. The number of Topliss-reactive ketones (excluding diaryl/α,β-unsaturated/α-hetero) is 1. The number of aryl methyl sites for hydroxylation is 2. The van der Waals surface area contributed by atoms with Crippen LogP contribution in [0.4, 0.5) is 0 Å². The Bertz CT molecular complexity index is 500. The van der Waals surface area contributed by atoms with Crippen LogP contribution in [0.1, 0.15) is 56.2 Å². The highest BCUT2D eigenvalue weighted by atomic mass is 16.1. The molecule has 108 valence electrons. The van der Waals surface area contributed by atoms with E-state index in [1.807, 2.05) is 0 Å². The van der Waals surface area contributed by atoms with Crippen molar-refractivity contribution in [2.75, 3.05) is 0 Å². The van der Waals surface area contributed by atoms with Crippen LogP contribution in [0.5, 0.6) is 0 Å². The maximum Gasteiger partial charge on any atom is 0.136 e. The molecule has 0 radical (unpaired) electrons. The lowest BCUT2D eigenvalue weighted by Crippen LogP contribution is -2.28. The summed E-state index contributed by atoms with van der Waals surface area (Å²) in [6.45, 7) is 4.60. The molecule has 20 heavy (non-hydrogen) atoms. The smallest absolute Gasteiger partial charge is 0.136 e. The molecule has 0 aliphatic heterocycles. The molecule has 3 rings (SSSR count). The Morgan fingerprint density at radius 1 is 1.15 bits per heavy atom. The summed E-state index contributed by atoms with van der Waals surface area (Å²) < 4.78 is 0. The minimum atomic E-state index is 0.274. The van der Waals surface area contributed by atoms with E-state index < -0.39 is 0 Å². The Morgan fingerprint density at radius 2 is 1.95 bits per heavy atom. The van der Waals surface area contributed by atoms with E-state index >= 15 is 0 Å². The molecule has 0 amide bonds. The van der Waals surface area contributed by atoms with Gasteiger partial charge in [-0.15, -0.1) is 0 Å². The molecule has 1 aromatic rings. The molecular formula is C19H26O. The minimum Gasteiger partial charge on any atom is -0.299 e. The first-order chi connectivity index (χ1) is 9.63. The summed E-state index contributed by atoms with van der Waals surface area (Å²) in [5.74, 6) is 2.23. The second-order valence-electron chi connectivity index (χ2n) is 7.10. The van der Waals surface area contributed by atoms with Gasteiger partial charge in [-0.1, -0.05) is 32.0 Å². The van der Waals surface area contributed by atoms with E-state index in [1.54, 1.807) is 0 Å². The van der Waals surface area contributed by atoms with E-state index in [4.69, 9.17) is 0 Å². The Labute approximate surface area is 122 Å². The SMILES string of the molecule is CC(C)C1CCC(=O)C(Cc2ccc3c(c2)CCC3)C1. The molecule has 1 aromatic carbocycles. The van der Waals surface area contributed by atoms with Gasteiger partial charge in [0.15, 0.2) is 0 Å². The standard InChI is InChI=1S/C19H26O/c1-13(2)16-8-9-19(20)18(12-16)11-14-6-7-15-4-3-5-17(15)10-14/h6-7,10,13,16,18H,3-5,8-9,11-12H2,1-2H3. The summed E-state index contributed by atoms with van der Waals surface area (Å²) >= 11 is 0. The van der Waals surface area contributed by atoms with Crippen molar-refractivity contribution in [1.82, 2.24) is 0 Å². The number of hydrogen-bond acceptors (Lipinski definition) is 1. The number of carbonyl (C=O) groups excluding carboxylic acids is 1. The van der Waals surface area contributed by atoms with Gasteiger partial charge < -0.3 is 0 Å². The average molecular weight is 270 g/mol. The molecule has 1 nitrogen and oxygen atoms in total. The normalized spacial score (nSPS) is 26.1. The zero-order chi connectivity index (χ0) is 14.1. The van der Waals surface area contributed by atoms with Gasteiger partial charge in [0.05, 0.1) is 0 Å². The first-order valence-electron chi connectivity index (χ1n) is 8.27. The quantitative estimate of drug-likeness (QED) is 0.797. The molecule has 2 unspecified atom stereocenters. The molecular weight excluding hydrogens is 244 g/mol. The van der Waals surface area contributed by atoms with Crippen LogP contribution in [0.3, 0.4) is 0 Å². The van der Waals surface area contributed by atoms with Gasteiger partial charge in [-0.05, 0) is 67.1 Å². The second kappa shape index (κ2) is 5.71. The molecule has 1 heteroatoms. The van der Waals surface area contributed by atoms with Crippen molar-refractivity contribution in [1.29, 1.82) is 0 Å². The molecule has 2 atom stereocenters. The third-order valence-electron chi connectivity index (χ3n) is 5.39. The number of carbonyl (C=O) groups is 1. The molecule has 1 fully saturated rings. The summed E-state index contributed by atoms with van der Waals surface area (Å²) in [5, 5.41) is 0. The molecule has 0 heterocycles. The van der Waals surface area contributed by atoms with Crippen LogP contribution in [0.25, 0.3) is 0 Å². The molecule has 0 N–H and O–H groups in total. The highest BCUT2D eigenvalue weighted by molar-refractivity contribution is 5.82. The Morgan fingerprint density at radius 3 is 2.75 bits per heavy atom. The largest absolute Gasteiger partial charge is 0.299 e. The Hall–Kier alpha value is -1.11. The predicted octanol–water partition coefficient (Wildman–Crippen LogP) is 4.36. The van der Waals surface area contributed by atoms with Crippen molar-refractivity contribution >= 4 is 5.78 Å². The highest BCUT2D eigenvalue weighted by Crippen LogP contribution is 2.34. The van der Waals surface area contributed by atoms with Crippen LogP contribution in [0.15, 0.2) is 18.2 Å². The average Bonchev–Trinajstić information content (AvgIpc) is 2.88. The van der Waals surface area contributed by atoms with Crippen molar-refractivity contribution in [3.05, 3.63) is 34.9 Å². The topological polar surface area (TPSA) is 17.1 Å².